The molecule has 0 aromatic heterocycles. The van der Waals surface area contributed by atoms with Crippen LogP contribution in [0.3, 0.4) is 0 Å². The first-order chi connectivity index (χ1) is 15.1. The maximum absolute atomic E-state index is 13.1. The molecule has 1 aliphatic rings. The second-order valence-electron chi connectivity index (χ2n) is 9.73. The van der Waals surface area contributed by atoms with Crippen LogP contribution < -0.4 is 19.7 Å². The molecule has 6 nitrogen and oxygen atoms in total. The van der Waals surface area contributed by atoms with Crippen LogP contribution in [0.5, 0.6) is 11.5 Å². The molecule has 0 saturated heterocycles. The summed E-state index contributed by atoms with van der Waals surface area (Å²) in [4.78, 5) is 27.3. The van der Waals surface area contributed by atoms with Crippen molar-refractivity contribution in [1.82, 2.24) is 0 Å². The fraction of sp³-hybridized carbons (Fsp3) is 0.462. The largest absolute Gasteiger partial charge is 0.490 e. The summed E-state index contributed by atoms with van der Waals surface area (Å²) < 4.78 is 11.6. The Balaban J connectivity index is 1.69. The third-order valence-electron chi connectivity index (χ3n) is 5.41. The number of rotatable bonds is 7. The van der Waals surface area contributed by atoms with Crippen molar-refractivity contribution in [3.63, 3.8) is 0 Å². The number of ether oxygens (including phenoxy) is 2. The third kappa shape index (κ3) is 5.61. The second kappa shape index (κ2) is 9.63. The van der Waals surface area contributed by atoms with Gasteiger partial charge in [-0.15, -0.1) is 0 Å². The van der Waals surface area contributed by atoms with E-state index in [1.807, 2.05) is 44.2 Å². The Morgan fingerprint density at radius 2 is 1.81 bits per heavy atom. The van der Waals surface area contributed by atoms with Gasteiger partial charge in [-0.2, -0.15) is 0 Å². The highest BCUT2D eigenvalue weighted by Gasteiger charge is 2.38. The van der Waals surface area contributed by atoms with Gasteiger partial charge in [0.1, 0.15) is 18.1 Å². The molecule has 0 saturated carbocycles. The van der Waals surface area contributed by atoms with Gasteiger partial charge in [0, 0.05) is 18.3 Å². The van der Waals surface area contributed by atoms with E-state index in [1.54, 1.807) is 17.0 Å². The van der Waals surface area contributed by atoms with E-state index in [-0.39, 0.29) is 25.0 Å². The summed E-state index contributed by atoms with van der Waals surface area (Å²) in [7, 11) is 0. The van der Waals surface area contributed by atoms with Crippen LogP contribution in [0.15, 0.2) is 42.5 Å². The zero-order chi connectivity index (χ0) is 23.5. The van der Waals surface area contributed by atoms with Crippen molar-refractivity contribution < 1.29 is 19.1 Å². The number of benzene rings is 2. The zero-order valence-electron chi connectivity index (χ0n) is 19.9. The van der Waals surface area contributed by atoms with Crippen molar-refractivity contribution in [1.29, 1.82) is 0 Å². The quantitative estimate of drug-likeness (QED) is 0.642. The standard InChI is InChI=1S/C26H34N2O4/c1-17(2)14-28-22-12-9-20(13-23(22)32-16-26(5,6)25(28)30)27-24(29)15-31-21-10-7-19(8-11-21)18(3)4/h7-13,17-18H,14-16H2,1-6H3,(H,27,29). The van der Waals surface area contributed by atoms with Crippen molar-refractivity contribution in [3.8, 4) is 11.5 Å². The Bertz CT molecular complexity index is 964. The van der Waals surface area contributed by atoms with E-state index in [9.17, 15) is 9.59 Å². The smallest absolute Gasteiger partial charge is 0.262 e. The van der Waals surface area contributed by atoms with E-state index in [0.29, 0.717) is 35.6 Å². The highest BCUT2D eigenvalue weighted by Crippen LogP contribution is 2.38. The minimum atomic E-state index is -0.629. The lowest BCUT2D eigenvalue weighted by atomic mass is 9.92. The summed E-state index contributed by atoms with van der Waals surface area (Å²) in [5.74, 6) is 1.78. The molecule has 0 spiro atoms. The molecule has 1 N–H and O–H groups in total. The number of amides is 2. The van der Waals surface area contributed by atoms with Crippen molar-refractivity contribution >= 4 is 23.2 Å². The molecule has 2 amide bonds. The number of carbonyl (C=O) groups is 2. The van der Waals surface area contributed by atoms with E-state index in [4.69, 9.17) is 9.47 Å². The van der Waals surface area contributed by atoms with Crippen molar-refractivity contribution in [2.45, 2.75) is 47.5 Å². The topological polar surface area (TPSA) is 67.9 Å². The molecule has 6 heteroatoms. The molecule has 172 valence electrons. The number of hydrogen-bond acceptors (Lipinski definition) is 4. The summed E-state index contributed by atoms with van der Waals surface area (Å²) in [6, 6.07) is 13.2. The molecule has 2 aromatic rings. The van der Waals surface area contributed by atoms with Gasteiger partial charge < -0.3 is 19.7 Å². The number of anilines is 2. The van der Waals surface area contributed by atoms with Gasteiger partial charge in [-0.05, 0) is 55.5 Å². The molecule has 1 heterocycles. The van der Waals surface area contributed by atoms with Crippen LogP contribution in [0.1, 0.15) is 53.0 Å². The summed E-state index contributed by atoms with van der Waals surface area (Å²) in [6.45, 7) is 13.0. The van der Waals surface area contributed by atoms with Gasteiger partial charge in [0.15, 0.2) is 6.61 Å². The Morgan fingerprint density at radius 3 is 2.44 bits per heavy atom. The molecule has 0 radical (unpaired) electrons. The first kappa shape index (κ1) is 23.6. The van der Waals surface area contributed by atoms with E-state index in [2.05, 4.69) is 33.0 Å². The first-order valence-electron chi connectivity index (χ1n) is 11.2. The molecule has 0 bridgehead atoms. The molecular formula is C26H34N2O4. The maximum Gasteiger partial charge on any atom is 0.262 e. The van der Waals surface area contributed by atoms with Crippen LogP contribution in [0, 0.1) is 11.3 Å². The van der Waals surface area contributed by atoms with Gasteiger partial charge in [0.25, 0.3) is 5.91 Å². The summed E-state index contributed by atoms with van der Waals surface area (Å²) in [5.41, 5.74) is 1.92. The van der Waals surface area contributed by atoms with Crippen LogP contribution in [-0.2, 0) is 9.59 Å². The zero-order valence-corrected chi connectivity index (χ0v) is 19.9. The van der Waals surface area contributed by atoms with Crippen LogP contribution in [-0.4, -0.2) is 31.6 Å². The SMILES string of the molecule is CC(C)CN1C(=O)C(C)(C)COc2cc(NC(=O)COc3ccc(C(C)C)cc3)ccc21. The number of carbonyl (C=O) groups excluding carboxylic acids is 2. The number of nitrogens with zero attached hydrogens (tertiary/aromatic N) is 1. The van der Waals surface area contributed by atoms with E-state index in [1.165, 1.54) is 5.56 Å². The molecule has 0 fully saturated rings. The van der Waals surface area contributed by atoms with Gasteiger partial charge in [-0.25, -0.2) is 0 Å². The fourth-order valence-corrected chi connectivity index (χ4v) is 3.57. The highest BCUT2D eigenvalue weighted by molar-refractivity contribution is 6.00. The summed E-state index contributed by atoms with van der Waals surface area (Å²) in [6.07, 6.45) is 0. The number of fused-ring (bicyclic) bond motifs is 1. The average Bonchev–Trinajstić information content (AvgIpc) is 2.82. The van der Waals surface area contributed by atoms with E-state index in [0.717, 1.165) is 5.69 Å². The molecule has 32 heavy (non-hydrogen) atoms. The van der Waals surface area contributed by atoms with Gasteiger partial charge in [0.2, 0.25) is 5.91 Å². The number of hydrogen-bond donors (Lipinski definition) is 1. The predicted octanol–water partition coefficient (Wildman–Crippen LogP) is 5.24. The van der Waals surface area contributed by atoms with Crippen LogP contribution in [0.2, 0.25) is 0 Å². The van der Waals surface area contributed by atoms with Crippen LogP contribution >= 0.6 is 0 Å². The molecule has 0 unspecified atom stereocenters. The monoisotopic (exact) mass is 438 g/mol. The molecule has 1 aliphatic heterocycles. The minimum absolute atomic E-state index is 0.0404. The molecule has 2 aromatic carbocycles. The van der Waals surface area contributed by atoms with Crippen molar-refractivity contribution in [2.24, 2.45) is 11.3 Å². The molecule has 3 rings (SSSR count). The highest BCUT2D eigenvalue weighted by atomic mass is 16.5. The Morgan fingerprint density at radius 1 is 1.12 bits per heavy atom. The molecule has 0 atom stereocenters. The normalized spacial score (nSPS) is 15.2. The maximum atomic E-state index is 13.1. The van der Waals surface area contributed by atoms with E-state index >= 15 is 0 Å². The van der Waals surface area contributed by atoms with Crippen LogP contribution in [0.25, 0.3) is 0 Å². The first-order valence-corrected chi connectivity index (χ1v) is 11.2. The minimum Gasteiger partial charge on any atom is -0.490 e. The Kier molecular flexibility index (Phi) is 7.12. The third-order valence-corrected chi connectivity index (χ3v) is 5.41. The molecular weight excluding hydrogens is 404 g/mol. The van der Waals surface area contributed by atoms with Crippen molar-refractivity contribution in [2.75, 3.05) is 30.0 Å². The fourth-order valence-electron chi connectivity index (χ4n) is 3.57. The lowest BCUT2D eigenvalue weighted by Gasteiger charge is -2.29. The summed E-state index contributed by atoms with van der Waals surface area (Å²) >= 11 is 0. The second-order valence-corrected chi connectivity index (χ2v) is 9.73. The van der Waals surface area contributed by atoms with Gasteiger partial charge in [-0.1, -0.05) is 39.8 Å². The van der Waals surface area contributed by atoms with E-state index < -0.39 is 5.41 Å². The Labute approximate surface area is 190 Å². The average molecular weight is 439 g/mol. The lowest BCUT2D eigenvalue weighted by molar-refractivity contribution is -0.127. The van der Waals surface area contributed by atoms with Crippen molar-refractivity contribution in [3.05, 3.63) is 48.0 Å². The predicted molar refractivity (Wildman–Crippen MR) is 128 cm³/mol. The van der Waals surface area contributed by atoms with Gasteiger partial charge in [-0.3, -0.25) is 9.59 Å². The lowest BCUT2D eigenvalue weighted by Crippen LogP contribution is -2.43. The van der Waals surface area contributed by atoms with Crippen LogP contribution in [0.4, 0.5) is 11.4 Å². The molecule has 0 aliphatic carbocycles. The summed E-state index contributed by atoms with van der Waals surface area (Å²) in [5, 5.41) is 2.85. The Hall–Kier alpha value is -3.02. The van der Waals surface area contributed by atoms with Gasteiger partial charge in [0.05, 0.1) is 11.1 Å². The number of nitrogens with one attached hydrogen (secondary N) is 1. The van der Waals surface area contributed by atoms with Gasteiger partial charge >= 0.3 is 0 Å².